The molecule has 0 spiro atoms. The molecule has 5 heteroatoms. The van der Waals surface area contributed by atoms with Crippen LogP contribution in [-0.4, -0.2) is 14.4 Å². The van der Waals surface area contributed by atoms with Crippen molar-refractivity contribution in [1.82, 2.24) is 14.4 Å². The lowest BCUT2D eigenvalue weighted by atomic mass is 9.73. The van der Waals surface area contributed by atoms with Gasteiger partial charge in [0.05, 0.1) is 0 Å². The van der Waals surface area contributed by atoms with Gasteiger partial charge in [0, 0.05) is 29.3 Å². The molecule has 2 N–H and O–H groups in total. The Balaban J connectivity index is 1.58. The summed E-state index contributed by atoms with van der Waals surface area (Å²) in [6.45, 7) is 4.36. The van der Waals surface area contributed by atoms with E-state index in [2.05, 4.69) is 47.5 Å². The van der Waals surface area contributed by atoms with Crippen molar-refractivity contribution in [2.75, 3.05) is 5.73 Å². The molecule has 0 amide bonds. The summed E-state index contributed by atoms with van der Waals surface area (Å²) >= 11 is 0. The minimum absolute atomic E-state index is 0.197. The van der Waals surface area contributed by atoms with E-state index in [1.54, 1.807) is 18.3 Å². The zero-order valence-corrected chi connectivity index (χ0v) is 18.7. The van der Waals surface area contributed by atoms with Crippen LogP contribution in [0.4, 0.5) is 10.2 Å². The normalized spacial score (nSPS) is 16.1. The summed E-state index contributed by atoms with van der Waals surface area (Å²) in [7, 11) is 0. The highest BCUT2D eigenvalue weighted by atomic mass is 19.1. The number of fused-ring (bicyclic) bond motifs is 1. The van der Waals surface area contributed by atoms with E-state index < -0.39 is 0 Å². The molecule has 1 aliphatic rings. The minimum Gasteiger partial charge on any atom is -0.382 e. The number of hydrogen-bond donors (Lipinski definition) is 1. The topological polar surface area (TPSA) is 56.2 Å². The molecule has 164 valence electrons. The maximum Gasteiger partial charge on any atom is 0.150 e. The molecule has 0 radical (unpaired) electrons. The predicted octanol–water partition coefficient (Wildman–Crippen LogP) is 6.49. The summed E-state index contributed by atoms with van der Waals surface area (Å²) in [5.41, 5.74) is 11.0. The van der Waals surface area contributed by atoms with E-state index in [9.17, 15) is 4.39 Å². The monoisotopic (exact) mass is 428 g/mol. The van der Waals surface area contributed by atoms with Crippen LogP contribution in [0.1, 0.15) is 68.8 Å². The number of anilines is 1. The fourth-order valence-corrected chi connectivity index (χ4v) is 5.03. The highest BCUT2D eigenvalue weighted by Crippen LogP contribution is 2.41. The molecule has 1 aliphatic carbocycles. The van der Waals surface area contributed by atoms with Crippen LogP contribution in [0.15, 0.2) is 60.9 Å². The van der Waals surface area contributed by atoms with Gasteiger partial charge in [-0.2, -0.15) is 0 Å². The van der Waals surface area contributed by atoms with E-state index in [1.807, 2.05) is 12.3 Å². The van der Waals surface area contributed by atoms with Crippen LogP contribution < -0.4 is 5.73 Å². The summed E-state index contributed by atoms with van der Waals surface area (Å²) in [5.74, 6) is 1.87. The molecule has 32 heavy (non-hydrogen) atoms. The first-order chi connectivity index (χ1) is 15.5. The molecule has 0 bridgehead atoms. The number of nitrogens with zero attached hydrogens (tertiary/aromatic N) is 3. The van der Waals surface area contributed by atoms with E-state index in [-0.39, 0.29) is 11.2 Å². The average Bonchev–Trinajstić information content (AvgIpc) is 3.13. The standard InChI is InChI=1S/C27H29FN4/c1-3-14-27(2,21-8-5-9-22(28)17-21)20-12-10-18(11-13-20)23-24-25(29)30-15-16-32(24)26(31-23)19-6-4-7-19/h5,8-13,15-17,19H,3-4,6-7,14H2,1-2H3,(H2,29,30). The number of halogens is 1. The first-order valence-corrected chi connectivity index (χ1v) is 11.5. The molecular formula is C27H29FN4. The molecule has 1 unspecified atom stereocenters. The second kappa shape index (κ2) is 8.05. The van der Waals surface area contributed by atoms with Gasteiger partial charge in [-0.1, -0.05) is 63.1 Å². The second-order valence-corrected chi connectivity index (χ2v) is 9.15. The van der Waals surface area contributed by atoms with Crippen molar-refractivity contribution in [2.24, 2.45) is 0 Å². The van der Waals surface area contributed by atoms with Gasteiger partial charge in [0.1, 0.15) is 28.7 Å². The maximum atomic E-state index is 14.0. The van der Waals surface area contributed by atoms with Crippen molar-refractivity contribution < 1.29 is 4.39 Å². The van der Waals surface area contributed by atoms with Crippen LogP contribution in [0.3, 0.4) is 0 Å². The van der Waals surface area contributed by atoms with Gasteiger partial charge in [-0.05, 0) is 42.5 Å². The van der Waals surface area contributed by atoms with Crippen LogP contribution in [0, 0.1) is 5.82 Å². The Morgan fingerprint density at radius 2 is 1.91 bits per heavy atom. The van der Waals surface area contributed by atoms with Crippen LogP contribution in [0.25, 0.3) is 16.8 Å². The van der Waals surface area contributed by atoms with Crippen LogP contribution >= 0.6 is 0 Å². The third-order valence-electron chi connectivity index (χ3n) is 7.09. The SMILES string of the molecule is CCCC(C)(c1ccc(-c2nc(C3CCC3)n3ccnc(N)c23)cc1)c1cccc(F)c1. The highest BCUT2D eigenvalue weighted by Gasteiger charge is 2.29. The average molecular weight is 429 g/mol. The number of hydrogen-bond acceptors (Lipinski definition) is 3. The van der Waals surface area contributed by atoms with Crippen molar-refractivity contribution in [1.29, 1.82) is 0 Å². The summed E-state index contributed by atoms with van der Waals surface area (Å²) < 4.78 is 16.1. The fraction of sp³-hybridized carbons (Fsp3) is 0.333. The van der Waals surface area contributed by atoms with Crippen molar-refractivity contribution in [3.63, 3.8) is 0 Å². The molecule has 1 fully saturated rings. The van der Waals surface area contributed by atoms with E-state index in [1.165, 1.54) is 30.9 Å². The number of nitrogens with two attached hydrogens (primary N) is 1. The Bertz CT molecular complexity index is 1260. The first kappa shape index (κ1) is 20.7. The minimum atomic E-state index is -0.261. The zero-order chi connectivity index (χ0) is 22.3. The van der Waals surface area contributed by atoms with Gasteiger partial charge in [-0.15, -0.1) is 0 Å². The quantitative estimate of drug-likeness (QED) is 0.382. The largest absolute Gasteiger partial charge is 0.382 e. The summed E-state index contributed by atoms with van der Waals surface area (Å²) in [4.78, 5) is 9.35. The van der Waals surface area contributed by atoms with E-state index in [0.717, 1.165) is 41.0 Å². The molecule has 2 aromatic carbocycles. The Morgan fingerprint density at radius 3 is 2.56 bits per heavy atom. The molecule has 4 aromatic rings. The molecule has 2 aromatic heterocycles. The van der Waals surface area contributed by atoms with Gasteiger partial charge in [0.25, 0.3) is 0 Å². The van der Waals surface area contributed by atoms with Crippen LogP contribution in [0.5, 0.6) is 0 Å². The molecule has 1 atom stereocenters. The fourth-order valence-electron chi connectivity index (χ4n) is 5.03. The van der Waals surface area contributed by atoms with E-state index in [4.69, 9.17) is 10.7 Å². The first-order valence-electron chi connectivity index (χ1n) is 11.5. The Kier molecular flexibility index (Phi) is 5.20. The lowest BCUT2D eigenvalue weighted by molar-refractivity contribution is 0.400. The third-order valence-corrected chi connectivity index (χ3v) is 7.09. The maximum absolute atomic E-state index is 14.0. The van der Waals surface area contributed by atoms with E-state index >= 15 is 0 Å². The Hall–Kier alpha value is -3.21. The van der Waals surface area contributed by atoms with Gasteiger partial charge in [0.15, 0.2) is 0 Å². The van der Waals surface area contributed by atoms with Gasteiger partial charge in [-0.3, -0.25) is 4.40 Å². The summed E-state index contributed by atoms with van der Waals surface area (Å²) in [5, 5.41) is 0. The van der Waals surface area contributed by atoms with Crippen molar-refractivity contribution in [2.45, 2.75) is 57.3 Å². The summed E-state index contributed by atoms with van der Waals surface area (Å²) in [6, 6.07) is 15.5. The van der Waals surface area contributed by atoms with Gasteiger partial charge >= 0.3 is 0 Å². The molecule has 0 saturated heterocycles. The van der Waals surface area contributed by atoms with Gasteiger partial charge in [-0.25, -0.2) is 14.4 Å². The lowest BCUT2D eigenvalue weighted by Gasteiger charge is -2.31. The lowest BCUT2D eigenvalue weighted by Crippen LogP contribution is -2.23. The highest BCUT2D eigenvalue weighted by molar-refractivity contribution is 5.85. The molecule has 2 heterocycles. The molecular weight excluding hydrogens is 399 g/mol. The molecule has 1 saturated carbocycles. The number of aromatic nitrogens is 3. The van der Waals surface area contributed by atoms with Crippen molar-refractivity contribution in [3.8, 4) is 11.3 Å². The molecule has 4 nitrogen and oxygen atoms in total. The molecule has 0 aliphatic heterocycles. The zero-order valence-electron chi connectivity index (χ0n) is 18.7. The summed E-state index contributed by atoms with van der Waals surface area (Å²) in [6.07, 6.45) is 9.24. The Morgan fingerprint density at radius 1 is 1.12 bits per heavy atom. The van der Waals surface area contributed by atoms with E-state index in [0.29, 0.717) is 11.7 Å². The molecule has 5 rings (SSSR count). The number of benzene rings is 2. The van der Waals surface area contributed by atoms with Crippen LogP contribution in [0.2, 0.25) is 0 Å². The smallest absolute Gasteiger partial charge is 0.150 e. The van der Waals surface area contributed by atoms with Gasteiger partial charge in [0.2, 0.25) is 0 Å². The van der Waals surface area contributed by atoms with Crippen molar-refractivity contribution >= 4 is 11.3 Å². The Labute approximate surface area is 188 Å². The number of nitrogen functional groups attached to an aromatic ring is 1. The second-order valence-electron chi connectivity index (χ2n) is 9.15. The van der Waals surface area contributed by atoms with Crippen molar-refractivity contribution in [3.05, 3.63) is 83.7 Å². The number of imidazole rings is 1. The number of rotatable bonds is 6. The predicted molar refractivity (Wildman–Crippen MR) is 127 cm³/mol. The van der Waals surface area contributed by atoms with Crippen LogP contribution in [-0.2, 0) is 5.41 Å². The van der Waals surface area contributed by atoms with Gasteiger partial charge < -0.3 is 5.73 Å². The third kappa shape index (κ3) is 3.36.